The van der Waals surface area contributed by atoms with Crippen molar-refractivity contribution in [3.05, 3.63) is 12.7 Å². The largest absolute Gasteiger partial charge is 0.396 e. The van der Waals surface area contributed by atoms with E-state index in [1.165, 1.54) is 38.5 Å². The summed E-state index contributed by atoms with van der Waals surface area (Å²) in [5.74, 6) is 1.05. The molecule has 0 aromatic carbocycles. The highest BCUT2D eigenvalue weighted by Gasteiger charge is 2.19. The minimum absolute atomic E-state index is 0.286. The molecule has 1 atom stereocenters. The van der Waals surface area contributed by atoms with Gasteiger partial charge in [-0.05, 0) is 18.8 Å². The van der Waals surface area contributed by atoms with Crippen LogP contribution in [0.15, 0.2) is 12.7 Å². The zero-order chi connectivity index (χ0) is 8.81. The summed E-state index contributed by atoms with van der Waals surface area (Å²) in [6.07, 6.45) is 9.95. The Morgan fingerprint density at radius 2 is 1.83 bits per heavy atom. The molecule has 0 spiro atoms. The molecular formula is C11H20O. The first kappa shape index (κ1) is 9.79. The molecule has 1 N–H and O–H groups in total. The molecule has 0 aliphatic heterocycles. The maximum Gasteiger partial charge on any atom is 0.0496 e. The molecule has 1 heteroatoms. The van der Waals surface area contributed by atoms with Gasteiger partial charge in [-0.1, -0.05) is 31.8 Å². The summed E-state index contributed by atoms with van der Waals surface area (Å²) in [5.41, 5.74) is 0. The second-order valence-electron chi connectivity index (χ2n) is 3.83. The molecule has 1 saturated carbocycles. The van der Waals surface area contributed by atoms with Gasteiger partial charge >= 0.3 is 0 Å². The van der Waals surface area contributed by atoms with Gasteiger partial charge in [0, 0.05) is 12.5 Å². The lowest BCUT2D eigenvalue weighted by Crippen LogP contribution is -2.15. The smallest absolute Gasteiger partial charge is 0.0496 e. The fourth-order valence-electron chi connectivity index (χ4n) is 2.16. The molecular weight excluding hydrogens is 148 g/mol. The summed E-state index contributed by atoms with van der Waals surface area (Å²) < 4.78 is 0. The van der Waals surface area contributed by atoms with E-state index in [0.717, 1.165) is 0 Å². The molecule has 1 rings (SSSR count). The Kier molecular flexibility index (Phi) is 4.37. The van der Waals surface area contributed by atoms with E-state index in [4.69, 9.17) is 5.11 Å². The number of hydrogen-bond acceptors (Lipinski definition) is 1. The molecule has 0 amide bonds. The van der Waals surface area contributed by atoms with E-state index in [9.17, 15) is 0 Å². The molecule has 0 heterocycles. The number of aliphatic hydroxyl groups excluding tert-OH is 1. The zero-order valence-corrected chi connectivity index (χ0v) is 7.84. The van der Waals surface area contributed by atoms with Crippen molar-refractivity contribution in [2.45, 2.75) is 38.5 Å². The van der Waals surface area contributed by atoms with Crippen molar-refractivity contribution in [1.29, 1.82) is 0 Å². The third kappa shape index (κ3) is 2.63. The summed E-state index contributed by atoms with van der Waals surface area (Å²) in [4.78, 5) is 0. The van der Waals surface area contributed by atoms with Crippen LogP contribution < -0.4 is 0 Å². The Hall–Kier alpha value is -0.300. The van der Waals surface area contributed by atoms with Crippen molar-refractivity contribution in [2.24, 2.45) is 11.8 Å². The number of rotatable bonds is 3. The maximum absolute atomic E-state index is 9.10. The predicted octanol–water partition coefficient (Wildman–Crippen LogP) is 2.75. The van der Waals surface area contributed by atoms with Crippen LogP contribution in [-0.2, 0) is 0 Å². The first-order valence-corrected chi connectivity index (χ1v) is 5.12. The van der Waals surface area contributed by atoms with E-state index in [0.29, 0.717) is 11.8 Å². The van der Waals surface area contributed by atoms with E-state index in [1.54, 1.807) is 0 Å². The van der Waals surface area contributed by atoms with E-state index >= 15 is 0 Å². The SMILES string of the molecule is C=CC(CO)C1CCCCCC1. The molecule has 0 radical (unpaired) electrons. The van der Waals surface area contributed by atoms with Gasteiger partial charge in [-0.15, -0.1) is 6.58 Å². The van der Waals surface area contributed by atoms with Gasteiger partial charge in [0.05, 0.1) is 0 Å². The minimum Gasteiger partial charge on any atom is -0.396 e. The summed E-state index contributed by atoms with van der Waals surface area (Å²) in [6, 6.07) is 0. The van der Waals surface area contributed by atoms with Gasteiger partial charge in [0.1, 0.15) is 0 Å². The predicted molar refractivity (Wildman–Crippen MR) is 52.0 cm³/mol. The summed E-state index contributed by atoms with van der Waals surface area (Å²) in [5, 5.41) is 9.10. The lowest BCUT2D eigenvalue weighted by molar-refractivity contribution is 0.197. The fraction of sp³-hybridized carbons (Fsp3) is 0.818. The van der Waals surface area contributed by atoms with Crippen LogP contribution in [0.5, 0.6) is 0 Å². The molecule has 0 saturated heterocycles. The van der Waals surface area contributed by atoms with Crippen molar-refractivity contribution in [1.82, 2.24) is 0 Å². The van der Waals surface area contributed by atoms with Crippen LogP contribution in [0, 0.1) is 11.8 Å². The minimum atomic E-state index is 0.286. The average molecular weight is 168 g/mol. The van der Waals surface area contributed by atoms with Gasteiger partial charge < -0.3 is 5.11 Å². The van der Waals surface area contributed by atoms with Crippen molar-refractivity contribution in [2.75, 3.05) is 6.61 Å². The highest BCUT2D eigenvalue weighted by molar-refractivity contribution is 4.85. The molecule has 1 aliphatic carbocycles. The van der Waals surface area contributed by atoms with Gasteiger partial charge in [0.15, 0.2) is 0 Å². The van der Waals surface area contributed by atoms with Crippen LogP contribution in [0.25, 0.3) is 0 Å². The van der Waals surface area contributed by atoms with E-state index in [2.05, 4.69) is 6.58 Å². The van der Waals surface area contributed by atoms with Crippen LogP contribution in [0.4, 0.5) is 0 Å². The monoisotopic (exact) mass is 168 g/mol. The first-order valence-electron chi connectivity index (χ1n) is 5.12. The van der Waals surface area contributed by atoms with Gasteiger partial charge in [-0.25, -0.2) is 0 Å². The Bertz CT molecular complexity index is 123. The van der Waals surface area contributed by atoms with E-state index in [1.807, 2.05) is 6.08 Å². The zero-order valence-electron chi connectivity index (χ0n) is 7.84. The highest BCUT2D eigenvalue weighted by atomic mass is 16.3. The normalized spacial score (nSPS) is 23.1. The van der Waals surface area contributed by atoms with Crippen LogP contribution in [0.2, 0.25) is 0 Å². The molecule has 0 aromatic heterocycles. The molecule has 12 heavy (non-hydrogen) atoms. The number of aliphatic hydroxyl groups is 1. The van der Waals surface area contributed by atoms with Crippen LogP contribution in [0.1, 0.15) is 38.5 Å². The summed E-state index contributed by atoms with van der Waals surface area (Å²) in [6.45, 7) is 4.06. The van der Waals surface area contributed by atoms with Gasteiger partial charge in [0.2, 0.25) is 0 Å². The average Bonchev–Trinajstić information content (AvgIpc) is 2.35. The van der Waals surface area contributed by atoms with Crippen LogP contribution in [-0.4, -0.2) is 11.7 Å². The molecule has 1 unspecified atom stereocenters. The Morgan fingerprint density at radius 1 is 1.25 bits per heavy atom. The third-order valence-electron chi connectivity index (χ3n) is 3.02. The topological polar surface area (TPSA) is 20.2 Å². The van der Waals surface area contributed by atoms with Gasteiger partial charge in [-0.3, -0.25) is 0 Å². The standard InChI is InChI=1S/C11H20O/c1-2-10(9-12)11-7-5-3-4-6-8-11/h2,10-12H,1,3-9H2. The van der Waals surface area contributed by atoms with Crippen LogP contribution >= 0.6 is 0 Å². The summed E-state index contributed by atoms with van der Waals surface area (Å²) >= 11 is 0. The Labute approximate surface area is 75.5 Å². The molecule has 70 valence electrons. The first-order chi connectivity index (χ1) is 5.88. The molecule has 0 bridgehead atoms. The molecule has 0 aromatic rings. The third-order valence-corrected chi connectivity index (χ3v) is 3.02. The molecule has 1 nitrogen and oxygen atoms in total. The molecule has 1 aliphatic rings. The molecule has 1 fully saturated rings. The highest BCUT2D eigenvalue weighted by Crippen LogP contribution is 2.29. The van der Waals surface area contributed by atoms with E-state index < -0.39 is 0 Å². The van der Waals surface area contributed by atoms with Crippen molar-refractivity contribution in [3.8, 4) is 0 Å². The van der Waals surface area contributed by atoms with Crippen molar-refractivity contribution in [3.63, 3.8) is 0 Å². The Morgan fingerprint density at radius 3 is 2.25 bits per heavy atom. The van der Waals surface area contributed by atoms with Gasteiger partial charge in [0.25, 0.3) is 0 Å². The summed E-state index contributed by atoms with van der Waals surface area (Å²) in [7, 11) is 0. The second kappa shape index (κ2) is 5.36. The fourth-order valence-corrected chi connectivity index (χ4v) is 2.16. The van der Waals surface area contributed by atoms with Crippen molar-refractivity contribution >= 4 is 0 Å². The van der Waals surface area contributed by atoms with Crippen molar-refractivity contribution < 1.29 is 5.11 Å². The quantitative estimate of drug-likeness (QED) is 0.507. The second-order valence-corrected chi connectivity index (χ2v) is 3.83. The maximum atomic E-state index is 9.10. The van der Waals surface area contributed by atoms with E-state index in [-0.39, 0.29) is 6.61 Å². The lowest BCUT2D eigenvalue weighted by atomic mass is 9.87. The van der Waals surface area contributed by atoms with Gasteiger partial charge in [-0.2, -0.15) is 0 Å². The van der Waals surface area contributed by atoms with Crippen LogP contribution in [0.3, 0.4) is 0 Å². The lowest BCUT2D eigenvalue weighted by Gasteiger charge is -2.20. The number of hydrogen-bond donors (Lipinski definition) is 1. The Balaban J connectivity index is 2.40.